The zero-order valence-electron chi connectivity index (χ0n) is 12.7. The van der Waals surface area contributed by atoms with Gasteiger partial charge in [-0.2, -0.15) is 0 Å². The second-order valence-electron chi connectivity index (χ2n) is 5.60. The molecule has 1 saturated carbocycles. The zero-order valence-corrected chi connectivity index (χ0v) is 12.7. The number of hydrogen-bond acceptors (Lipinski definition) is 3. The summed E-state index contributed by atoms with van der Waals surface area (Å²) in [5.74, 6) is 0.974. The lowest BCUT2D eigenvalue weighted by atomic mass is 10.1. The first-order valence-electron chi connectivity index (χ1n) is 7.79. The fraction of sp³-hybridized carbons (Fsp3) is 0.647. The van der Waals surface area contributed by atoms with Gasteiger partial charge in [0.2, 0.25) is 0 Å². The molecule has 3 nitrogen and oxygen atoms in total. The van der Waals surface area contributed by atoms with Crippen LogP contribution in [-0.2, 0) is 11.2 Å². The van der Waals surface area contributed by atoms with Crippen LogP contribution in [0.5, 0.6) is 5.75 Å². The molecule has 0 spiro atoms. The molecule has 0 radical (unpaired) electrons. The lowest BCUT2D eigenvalue weighted by molar-refractivity contribution is 0.185. The minimum atomic E-state index is 0.283. The van der Waals surface area contributed by atoms with Crippen molar-refractivity contribution >= 4 is 0 Å². The lowest BCUT2D eigenvalue weighted by Crippen LogP contribution is -2.32. The first-order chi connectivity index (χ1) is 9.81. The SMILES string of the molecule is CCCC(CNC1CC1)Oc1ccc(CCOC)cc1. The topological polar surface area (TPSA) is 30.5 Å². The lowest BCUT2D eigenvalue weighted by Gasteiger charge is -2.19. The number of methoxy groups -OCH3 is 1. The van der Waals surface area contributed by atoms with Crippen LogP contribution >= 0.6 is 0 Å². The zero-order chi connectivity index (χ0) is 14.2. The van der Waals surface area contributed by atoms with Crippen molar-refractivity contribution in [1.29, 1.82) is 0 Å². The summed E-state index contributed by atoms with van der Waals surface area (Å²) in [6, 6.07) is 9.15. The van der Waals surface area contributed by atoms with Crippen molar-refractivity contribution in [3.63, 3.8) is 0 Å². The minimum Gasteiger partial charge on any atom is -0.489 e. The summed E-state index contributed by atoms with van der Waals surface area (Å²) in [7, 11) is 1.74. The Balaban J connectivity index is 1.81. The molecule has 0 heterocycles. The van der Waals surface area contributed by atoms with Crippen LogP contribution in [0.15, 0.2) is 24.3 Å². The Morgan fingerprint density at radius 1 is 1.25 bits per heavy atom. The van der Waals surface area contributed by atoms with Crippen molar-refractivity contribution in [3.8, 4) is 5.75 Å². The number of benzene rings is 1. The molecule has 1 aromatic carbocycles. The third-order valence-electron chi connectivity index (χ3n) is 3.64. The van der Waals surface area contributed by atoms with E-state index < -0.39 is 0 Å². The van der Waals surface area contributed by atoms with Crippen molar-refractivity contribution in [2.45, 2.75) is 51.2 Å². The Labute approximate surface area is 122 Å². The van der Waals surface area contributed by atoms with Crippen LogP contribution in [-0.4, -0.2) is 32.4 Å². The minimum absolute atomic E-state index is 0.283. The molecule has 0 bridgehead atoms. The quantitative estimate of drug-likeness (QED) is 0.712. The third kappa shape index (κ3) is 5.51. The first kappa shape index (κ1) is 15.3. The Morgan fingerprint density at radius 3 is 2.60 bits per heavy atom. The summed E-state index contributed by atoms with van der Waals surface area (Å²) in [5.41, 5.74) is 1.29. The van der Waals surface area contributed by atoms with Gasteiger partial charge in [0, 0.05) is 19.7 Å². The average molecular weight is 277 g/mol. The van der Waals surface area contributed by atoms with Crippen LogP contribution in [0, 0.1) is 0 Å². The summed E-state index contributed by atoms with van der Waals surface area (Å²) < 4.78 is 11.2. The van der Waals surface area contributed by atoms with Crippen molar-refractivity contribution in [1.82, 2.24) is 5.32 Å². The Hall–Kier alpha value is -1.06. The first-order valence-corrected chi connectivity index (χ1v) is 7.79. The van der Waals surface area contributed by atoms with E-state index in [0.717, 1.165) is 44.2 Å². The van der Waals surface area contributed by atoms with E-state index in [4.69, 9.17) is 9.47 Å². The van der Waals surface area contributed by atoms with Crippen molar-refractivity contribution in [2.75, 3.05) is 20.3 Å². The van der Waals surface area contributed by atoms with Gasteiger partial charge < -0.3 is 14.8 Å². The number of hydrogen-bond donors (Lipinski definition) is 1. The fourth-order valence-electron chi connectivity index (χ4n) is 2.26. The number of ether oxygens (including phenoxy) is 2. The molecule has 0 saturated heterocycles. The van der Waals surface area contributed by atoms with Gasteiger partial charge >= 0.3 is 0 Å². The molecule has 0 amide bonds. The van der Waals surface area contributed by atoms with Gasteiger partial charge in [0.05, 0.1) is 6.61 Å². The predicted molar refractivity (Wildman–Crippen MR) is 82.4 cm³/mol. The van der Waals surface area contributed by atoms with Crippen LogP contribution in [0.4, 0.5) is 0 Å². The second-order valence-corrected chi connectivity index (χ2v) is 5.60. The third-order valence-corrected chi connectivity index (χ3v) is 3.64. The average Bonchev–Trinajstić information content (AvgIpc) is 3.28. The maximum Gasteiger partial charge on any atom is 0.119 e. The van der Waals surface area contributed by atoms with E-state index >= 15 is 0 Å². The molecule has 0 aromatic heterocycles. The second kappa shape index (κ2) is 8.28. The Kier molecular flexibility index (Phi) is 6.34. The van der Waals surface area contributed by atoms with Crippen LogP contribution in [0.3, 0.4) is 0 Å². The highest BCUT2D eigenvalue weighted by atomic mass is 16.5. The molecule has 1 aliphatic carbocycles. The molecule has 3 heteroatoms. The molecule has 1 unspecified atom stereocenters. The molecule has 112 valence electrons. The molecule has 1 aliphatic rings. The normalized spacial score (nSPS) is 16.1. The Morgan fingerprint density at radius 2 is 2.00 bits per heavy atom. The van der Waals surface area contributed by atoms with E-state index in [1.165, 1.54) is 18.4 Å². The van der Waals surface area contributed by atoms with Crippen molar-refractivity contribution < 1.29 is 9.47 Å². The van der Waals surface area contributed by atoms with Gasteiger partial charge in [-0.15, -0.1) is 0 Å². The molecular formula is C17H27NO2. The number of rotatable bonds is 10. The summed E-state index contributed by atoms with van der Waals surface area (Å²) in [5, 5.41) is 3.56. The van der Waals surface area contributed by atoms with Crippen LogP contribution in [0.2, 0.25) is 0 Å². The molecule has 2 rings (SSSR count). The number of nitrogens with one attached hydrogen (secondary N) is 1. The van der Waals surface area contributed by atoms with Gasteiger partial charge in [-0.1, -0.05) is 25.5 Å². The van der Waals surface area contributed by atoms with Crippen molar-refractivity contribution in [3.05, 3.63) is 29.8 Å². The largest absolute Gasteiger partial charge is 0.489 e. The van der Waals surface area contributed by atoms with Crippen LogP contribution < -0.4 is 10.1 Å². The van der Waals surface area contributed by atoms with Gasteiger partial charge in [-0.3, -0.25) is 0 Å². The van der Waals surface area contributed by atoms with Gasteiger partial charge in [0.1, 0.15) is 11.9 Å². The predicted octanol–water partition coefficient (Wildman–Crippen LogP) is 3.18. The van der Waals surface area contributed by atoms with E-state index in [0.29, 0.717) is 0 Å². The summed E-state index contributed by atoms with van der Waals surface area (Å²) in [4.78, 5) is 0. The van der Waals surface area contributed by atoms with Gasteiger partial charge in [-0.25, -0.2) is 0 Å². The highest BCUT2D eigenvalue weighted by molar-refractivity contribution is 5.27. The van der Waals surface area contributed by atoms with Crippen LogP contribution in [0.1, 0.15) is 38.2 Å². The smallest absolute Gasteiger partial charge is 0.119 e. The molecule has 1 fully saturated rings. The van der Waals surface area contributed by atoms with E-state index in [-0.39, 0.29) is 6.10 Å². The summed E-state index contributed by atoms with van der Waals surface area (Å²) in [6.45, 7) is 3.94. The standard InChI is InChI=1S/C17H27NO2/c1-3-4-17(13-18-15-7-8-15)20-16-9-5-14(6-10-16)11-12-19-2/h5-6,9-10,15,17-18H,3-4,7-8,11-13H2,1-2H3. The molecule has 1 atom stereocenters. The van der Waals surface area contributed by atoms with Gasteiger partial charge in [0.15, 0.2) is 0 Å². The van der Waals surface area contributed by atoms with E-state index in [9.17, 15) is 0 Å². The maximum atomic E-state index is 6.10. The summed E-state index contributed by atoms with van der Waals surface area (Å²) >= 11 is 0. The molecular weight excluding hydrogens is 250 g/mol. The van der Waals surface area contributed by atoms with E-state index in [1.54, 1.807) is 7.11 Å². The monoisotopic (exact) mass is 277 g/mol. The molecule has 20 heavy (non-hydrogen) atoms. The van der Waals surface area contributed by atoms with Gasteiger partial charge in [-0.05, 0) is 43.4 Å². The Bertz CT molecular complexity index is 373. The van der Waals surface area contributed by atoms with Crippen LogP contribution in [0.25, 0.3) is 0 Å². The summed E-state index contributed by atoms with van der Waals surface area (Å²) in [6.07, 6.45) is 6.15. The highest BCUT2D eigenvalue weighted by Gasteiger charge is 2.22. The van der Waals surface area contributed by atoms with E-state index in [1.807, 2.05) is 0 Å². The van der Waals surface area contributed by atoms with E-state index in [2.05, 4.69) is 36.5 Å². The molecule has 0 aliphatic heterocycles. The fourth-order valence-corrected chi connectivity index (χ4v) is 2.26. The highest BCUT2D eigenvalue weighted by Crippen LogP contribution is 2.20. The molecule has 1 N–H and O–H groups in total. The van der Waals surface area contributed by atoms with Gasteiger partial charge in [0.25, 0.3) is 0 Å². The molecule has 1 aromatic rings. The maximum absolute atomic E-state index is 6.10. The van der Waals surface area contributed by atoms with Crippen molar-refractivity contribution in [2.24, 2.45) is 0 Å².